The van der Waals surface area contributed by atoms with Crippen molar-refractivity contribution < 1.29 is 4.74 Å². The zero-order valence-corrected chi connectivity index (χ0v) is 11.9. The van der Waals surface area contributed by atoms with Crippen molar-refractivity contribution in [3.8, 4) is 5.75 Å². The second kappa shape index (κ2) is 9.23. The number of benzene rings is 1. The van der Waals surface area contributed by atoms with Crippen molar-refractivity contribution in [3.05, 3.63) is 29.8 Å². The number of hydrogen-bond donors (Lipinski definition) is 0. The van der Waals surface area contributed by atoms with Gasteiger partial charge in [-0.2, -0.15) is 0 Å². The van der Waals surface area contributed by atoms with Gasteiger partial charge in [0.2, 0.25) is 0 Å². The molecule has 1 rings (SSSR count). The number of aliphatic imine (C=N–C) groups is 1. The highest BCUT2D eigenvalue weighted by Gasteiger charge is 1.93. The van der Waals surface area contributed by atoms with Gasteiger partial charge in [0.1, 0.15) is 5.75 Å². The Morgan fingerprint density at radius 3 is 2.65 bits per heavy atom. The number of ether oxygens (including phenoxy) is 1. The number of unbranched alkanes of at least 4 members (excludes halogenated alkanes) is 1. The number of hydrogen-bond acceptors (Lipinski definition) is 2. The van der Waals surface area contributed by atoms with Crippen molar-refractivity contribution in [1.29, 1.82) is 0 Å². The normalized spacial score (nSPS) is 10.9. The van der Waals surface area contributed by atoms with E-state index in [1.807, 2.05) is 30.5 Å². The average Bonchev–Trinajstić information content (AvgIpc) is 2.37. The smallest absolute Gasteiger partial charge is 0.119 e. The summed E-state index contributed by atoms with van der Waals surface area (Å²) in [5, 5.41) is 1.01. The molecule has 0 aliphatic heterocycles. The summed E-state index contributed by atoms with van der Waals surface area (Å²) in [6.45, 7) is 3.84. The fraction of sp³-hybridized carbons (Fsp3) is 0.500. The molecule has 0 bridgehead atoms. The molecular formula is C14H20BrNO. The van der Waals surface area contributed by atoms with E-state index in [4.69, 9.17) is 4.74 Å². The molecule has 0 aliphatic carbocycles. The summed E-state index contributed by atoms with van der Waals surface area (Å²) >= 11 is 3.38. The molecule has 1 aromatic rings. The van der Waals surface area contributed by atoms with E-state index in [0.29, 0.717) is 0 Å². The zero-order valence-electron chi connectivity index (χ0n) is 10.4. The summed E-state index contributed by atoms with van der Waals surface area (Å²) < 4.78 is 5.59. The molecular weight excluding hydrogens is 278 g/mol. The SMILES string of the molecule is CCCCOc1ccc(/C=N/CCCBr)cc1. The van der Waals surface area contributed by atoms with Crippen LogP contribution in [0.5, 0.6) is 5.75 Å². The lowest BCUT2D eigenvalue weighted by Crippen LogP contribution is -1.96. The van der Waals surface area contributed by atoms with Gasteiger partial charge in [-0.15, -0.1) is 0 Å². The van der Waals surface area contributed by atoms with Crippen LogP contribution >= 0.6 is 15.9 Å². The number of nitrogens with zero attached hydrogens (tertiary/aromatic N) is 1. The lowest BCUT2D eigenvalue weighted by Gasteiger charge is -2.04. The second-order valence-electron chi connectivity index (χ2n) is 3.85. The van der Waals surface area contributed by atoms with Crippen molar-refractivity contribution in [2.24, 2.45) is 4.99 Å². The maximum atomic E-state index is 5.59. The molecule has 0 aliphatic rings. The molecule has 0 unspecified atom stereocenters. The van der Waals surface area contributed by atoms with E-state index in [9.17, 15) is 0 Å². The molecule has 0 N–H and O–H groups in total. The topological polar surface area (TPSA) is 21.6 Å². The number of alkyl halides is 1. The minimum atomic E-state index is 0.801. The van der Waals surface area contributed by atoms with Crippen LogP contribution in [-0.2, 0) is 0 Å². The molecule has 0 spiro atoms. The Kier molecular flexibility index (Phi) is 7.72. The van der Waals surface area contributed by atoms with Gasteiger partial charge in [-0.25, -0.2) is 0 Å². The van der Waals surface area contributed by atoms with Crippen molar-refractivity contribution >= 4 is 22.1 Å². The van der Waals surface area contributed by atoms with E-state index in [2.05, 4.69) is 27.8 Å². The Morgan fingerprint density at radius 1 is 1.24 bits per heavy atom. The molecule has 0 heterocycles. The predicted molar refractivity (Wildman–Crippen MR) is 77.7 cm³/mol. The Balaban J connectivity index is 2.36. The van der Waals surface area contributed by atoms with Gasteiger partial charge >= 0.3 is 0 Å². The monoisotopic (exact) mass is 297 g/mol. The van der Waals surface area contributed by atoms with Crippen LogP contribution in [0.1, 0.15) is 31.7 Å². The van der Waals surface area contributed by atoms with Gasteiger partial charge in [-0.05, 0) is 42.7 Å². The van der Waals surface area contributed by atoms with Crippen LogP contribution in [0, 0.1) is 0 Å². The molecule has 94 valence electrons. The van der Waals surface area contributed by atoms with Gasteiger partial charge in [-0.3, -0.25) is 4.99 Å². The predicted octanol–water partition coefficient (Wildman–Crippen LogP) is 4.07. The minimum absolute atomic E-state index is 0.801. The highest BCUT2D eigenvalue weighted by molar-refractivity contribution is 9.09. The second-order valence-corrected chi connectivity index (χ2v) is 4.64. The largest absolute Gasteiger partial charge is 0.494 e. The first-order chi connectivity index (χ1) is 8.36. The van der Waals surface area contributed by atoms with Crippen LogP contribution in [0.2, 0.25) is 0 Å². The molecule has 0 fully saturated rings. The van der Waals surface area contributed by atoms with Gasteiger partial charge in [0, 0.05) is 18.1 Å². The Hall–Kier alpha value is -0.830. The molecule has 0 atom stereocenters. The van der Waals surface area contributed by atoms with Gasteiger partial charge in [0.05, 0.1) is 6.61 Å². The van der Waals surface area contributed by atoms with E-state index in [-0.39, 0.29) is 0 Å². The summed E-state index contributed by atoms with van der Waals surface area (Å²) in [7, 11) is 0. The van der Waals surface area contributed by atoms with E-state index in [1.165, 1.54) is 0 Å². The number of rotatable bonds is 8. The van der Waals surface area contributed by atoms with Crippen LogP contribution in [0.25, 0.3) is 0 Å². The van der Waals surface area contributed by atoms with Gasteiger partial charge in [-0.1, -0.05) is 29.3 Å². The number of halogens is 1. The maximum Gasteiger partial charge on any atom is 0.119 e. The lowest BCUT2D eigenvalue weighted by atomic mass is 10.2. The van der Waals surface area contributed by atoms with Crippen molar-refractivity contribution in [1.82, 2.24) is 0 Å². The van der Waals surface area contributed by atoms with E-state index in [1.54, 1.807) is 0 Å². The first-order valence-electron chi connectivity index (χ1n) is 6.15. The Labute approximate surface area is 112 Å². The highest BCUT2D eigenvalue weighted by Crippen LogP contribution is 2.11. The molecule has 0 radical (unpaired) electrons. The molecule has 0 saturated heterocycles. The highest BCUT2D eigenvalue weighted by atomic mass is 79.9. The van der Waals surface area contributed by atoms with E-state index >= 15 is 0 Å². The third-order valence-corrected chi connectivity index (χ3v) is 2.87. The third kappa shape index (κ3) is 6.47. The Bertz CT molecular complexity index is 321. The van der Waals surface area contributed by atoms with Crippen molar-refractivity contribution in [2.75, 3.05) is 18.5 Å². The lowest BCUT2D eigenvalue weighted by molar-refractivity contribution is 0.309. The Morgan fingerprint density at radius 2 is 2.00 bits per heavy atom. The van der Waals surface area contributed by atoms with Crippen LogP contribution in [0.15, 0.2) is 29.3 Å². The van der Waals surface area contributed by atoms with Gasteiger partial charge in [0.15, 0.2) is 0 Å². The van der Waals surface area contributed by atoms with Gasteiger partial charge < -0.3 is 4.74 Å². The molecule has 0 amide bonds. The van der Waals surface area contributed by atoms with E-state index in [0.717, 1.165) is 49.1 Å². The van der Waals surface area contributed by atoms with Crippen LogP contribution in [0.3, 0.4) is 0 Å². The molecule has 3 heteroatoms. The molecule has 2 nitrogen and oxygen atoms in total. The summed E-state index contributed by atoms with van der Waals surface area (Å²) in [6.07, 6.45) is 5.27. The minimum Gasteiger partial charge on any atom is -0.494 e. The van der Waals surface area contributed by atoms with Gasteiger partial charge in [0.25, 0.3) is 0 Å². The van der Waals surface area contributed by atoms with Crippen LogP contribution in [-0.4, -0.2) is 24.7 Å². The maximum absolute atomic E-state index is 5.59. The fourth-order valence-corrected chi connectivity index (χ4v) is 1.56. The molecule has 0 saturated carbocycles. The van der Waals surface area contributed by atoms with Crippen LogP contribution < -0.4 is 4.74 Å². The fourth-order valence-electron chi connectivity index (χ4n) is 1.31. The van der Waals surface area contributed by atoms with E-state index < -0.39 is 0 Å². The molecule has 17 heavy (non-hydrogen) atoms. The quantitative estimate of drug-likeness (QED) is 0.403. The van der Waals surface area contributed by atoms with Crippen molar-refractivity contribution in [2.45, 2.75) is 26.2 Å². The molecule has 0 aromatic heterocycles. The third-order valence-electron chi connectivity index (χ3n) is 2.31. The summed E-state index contributed by atoms with van der Waals surface area (Å²) in [5.41, 5.74) is 1.13. The van der Waals surface area contributed by atoms with Crippen molar-refractivity contribution in [3.63, 3.8) is 0 Å². The first kappa shape index (κ1) is 14.2. The summed E-state index contributed by atoms with van der Waals surface area (Å²) in [5.74, 6) is 0.941. The summed E-state index contributed by atoms with van der Waals surface area (Å²) in [6, 6.07) is 8.08. The molecule has 1 aromatic carbocycles. The average molecular weight is 298 g/mol. The zero-order chi connectivity index (χ0) is 12.3. The van der Waals surface area contributed by atoms with Crippen LogP contribution in [0.4, 0.5) is 0 Å². The standard InChI is InChI=1S/C14H20BrNO/c1-2-3-11-17-14-7-5-13(6-8-14)12-16-10-4-9-15/h5-8,12H,2-4,9-11H2,1H3/b16-12+. The summed E-state index contributed by atoms with van der Waals surface area (Å²) in [4.78, 5) is 4.34. The first-order valence-corrected chi connectivity index (χ1v) is 7.27.